The number of aromatic nitrogens is 3. The van der Waals surface area contributed by atoms with Crippen LogP contribution in [0, 0.1) is 5.82 Å². The number of hydrogen-bond donors (Lipinski definition) is 2. The molecule has 0 aliphatic rings. The summed E-state index contributed by atoms with van der Waals surface area (Å²) in [5.41, 5.74) is 3.35. The molecule has 3 N–H and O–H groups in total. The van der Waals surface area contributed by atoms with Crippen molar-refractivity contribution >= 4 is 11.6 Å². The number of benzene rings is 1. The summed E-state index contributed by atoms with van der Waals surface area (Å²) in [6.07, 6.45) is 1.97. The maximum atomic E-state index is 13.4. The number of nitrogens with two attached hydrogens (primary N) is 1. The van der Waals surface area contributed by atoms with Gasteiger partial charge in [-0.1, -0.05) is 17.7 Å². The van der Waals surface area contributed by atoms with E-state index in [2.05, 4.69) is 15.5 Å². The van der Waals surface area contributed by atoms with Crippen LogP contribution in [0.2, 0.25) is 5.02 Å². The molecule has 2 rings (SSSR count). The third-order valence-electron chi connectivity index (χ3n) is 2.74. The predicted molar refractivity (Wildman–Crippen MR) is 66.2 cm³/mol. The lowest BCUT2D eigenvalue weighted by Gasteiger charge is -2.16. The number of nitrogens with one attached hydrogen (secondary N) is 1. The van der Waals surface area contributed by atoms with Crippen molar-refractivity contribution in [3.8, 4) is 0 Å². The second kappa shape index (κ2) is 5.43. The molecular formula is C11H13ClFN5. The van der Waals surface area contributed by atoms with Gasteiger partial charge in [-0.2, -0.15) is 5.10 Å². The molecule has 1 unspecified atom stereocenters. The van der Waals surface area contributed by atoms with E-state index < -0.39 is 5.82 Å². The quantitative estimate of drug-likeness (QED) is 0.649. The van der Waals surface area contributed by atoms with Gasteiger partial charge in [0.25, 0.3) is 0 Å². The van der Waals surface area contributed by atoms with Crippen molar-refractivity contribution in [3.63, 3.8) is 0 Å². The fraction of sp³-hybridized carbons (Fsp3) is 0.273. The van der Waals surface area contributed by atoms with Gasteiger partial charge in [-0.05, 0) is 17.7 Å². The van der Waals surface area contributed by atoms with Gasteiger partial charge in [0.1, 0.15) is 18.0 Å². The lowest BCUT2D eigenvalue weighted by Crippen LogP contribution is -2.30. The molecule has 0 aliphatic carbocycles. The number of rotatable bonds is 4. The van der Waals surface area contributed by atoms with Gasteiger partial charge in [-0.3, -0.25) is 16.0 Å². The molecule has 1 aromatic heterocycles. The Bertz CT molecular complexity index is 542. The summed E-state index contributed by atoms with van der Waals surface area (Å²) in [4.78, 5) is 4.11. The molecule has 7 heteroatoms. The van der Waals surface area contributed by atoms with E-state index in [0.717, 1.165) is 5.82 Å². The standard InChI is InChI=1S/C11H13ClFN5/c1-18-11(15-6-16-18)5-10(17-14)7-2-3-8(12)9(13)4-7/h2-4,6,10,17H,5,14H2,1H3. The average molecular weight is 270 g/mol. The molecule has 0 aliphatic heterocycles. The monoisotopic (exact) mass is 269 g/mol. The first kappa shape index (κ1) is 12.9. The Morgan fingerprint density at radius 1 is 1.56 bits per heavy atom. The van der Waals surface area contributed by atoms with E-state index in [0.29, 0.717) is 12.0 Å². The maximum Gasteiger partial charge on any atom is 0.142 e. The number of nitrogens with zero attached hydrogens (tertiary/aromatic N) is 3. The van der Waals surface area contributed by atoms with E-state index in [1.54, 1.807) is 17.8 Å². The van der Waals surface area contributed by atoms with E-state index in [4.69, 9.17) is 17.4 Å². The summed E-state index contributed by atoms with van der Waals surface area (Å²) in [5.74, 6) is 5.79. The minimum Gasteiger partial charge on any atom is -0.271 e. The third-order valence-corrected chi connectivity index (χ3v) is 3.05. The van der Waals surface area contributed by atoms with Crippen LogP contribution in [-0.4, -0.2) is 14.8 Å². The molecule has 1 aromatic carbocycles. The van der Waals surface area contributed by atoms with Crippen LogP contribution in [0.25, 0.3) is 0 Å². The Kier molecular flexibility index (Phi) is 3.90. The number of hydrazine groups is 1. The highest BCUT2D eigenvalue weighted by Crippen LogP contribution is 2.21. The van der Waals surface area contributed by atoms with E-state index >= 15 is 0 Å². The van der Waals surface area contributed by atoms with Crippen LogP contribution in [0.15, 0.2) is 24.5 Å². The molecule has 1 atom stereocenters. The van der Waals surface area contributed by atoms with Gasteiger partial charge >= 0.3 is 0 Å². The summed E-state index contributed by atoms with van der Waals surface area (Å²) < 4.78 is 15.0. The first-order valence-corrected chi connectivity index (χ1v) is 5.73. The molecular weight excluding hydrogens is 257 g/mol. The van der Waals surface area contributed by atoms with E-state index in [9.17, 15) is 4.39 Å². The zero-order chi connectivity index (χ0) is 13.1. The van der Waals surface area contributed by atoms with Gasteiger partial charge in [0.05, 0.1) is 11.1 Å². The highest BCUT2D eigenvalue weighted by atomic mass is 35.5. The smallest absolute Gasteiger partial charge is 0.142 e. The molecule has 0 amide bonds. The molecule has 2 aromatic rings. The van der Waals surface area contributed by atoms with Crippen LogP contribution < -0.4 is 11.3 Å². The van der Waals surface area contributed by atoms with Crippen LogP contribution in [0.4, 0.5) is 4.39 Å². The number of aryl methyl sites for hydroxylation is 1. The van der Waals surface area contributed by atoms with Gasteiger partial charge in [0, 0.05) is 13.5 Å². The first-order chi connectivity index (χ1) is 8.61. The molecule has 1 heterocycles. The lowest BCUT2D eigenvalue weighted by atomic mass is 10.0. The van der Waals surface area contributed by atoms with Crippen LogP contribution in [0.5, 0.6) is 0 Å². The minimum absolute atomic E-state index is 0.0909. The van der Waals surface area contributed by atoms with Gasteiger partial charge in [-0.25, -0.2) is 9.37 Å². The summed E-state index contributed by atoms with van der Waals surface area (Å²) in [6, 6.07) is 4.35. The van der Waals surface area contributed by atoms with Gasteiger partial charge in [-0.15, -0.1) is 0 Å². The summed E-state index contributed by atoms with van der Waals surface area (Å²) >= 11 is 5.64. The zero-order valence-electron chi connectivity index (χ0n) is 9.77. The summed E-state index contributed by atoms with van der Waals surface area (Å²) in [6.45, 7) is 0. The van der Waals surface area contributed by atoms with Crippen LogP contribution >= 0.6 is 11.6 Å². The number of hydrogen-bond acceptors (Lipinski definition) is 4. The summed E-state index contributed by atoms with van der Waals surface area (Å²) in [7, 11) is 1.79. The normalized spacial score (nSPS) is 12.7. The first-order valence-electron chi connectivity index (χ1n) is 5.35. The Labute approximate surface area is 109 Å². The molecule has 96 valence electrons. The molecule has 0 spiro atoms. The third kappa shape index (κ3) is 2.66. The van der Waals surface area contributed by atoms with Crippen molar-refractivity contribution in [3.05, 3.63) is 46.8 Å². The topological polar surface area (TPSA) is 68.8 Å². The Morgan fingerprint density at radius 2 is 2.33 bits per heavy atom. The lowest BCUT2D eigenvalue weighted by molar-refractivity contribution is 0.518. The highest BCUT2D eigenvalue weighted by Gasteiger charge is 2.15. The van der Waals surface area contributed by atoms with Crippen LogP contribution in [-0.2, 0) is 13.5 Å². The second-order valence-electron chi connectivity index (χ2n) is 3.90. The van der Waals surface area contributed by atoms with E-state index in [1.807, 2.05) is 0 Å². The van der Waals surface area contributed by atoms with Crippen molar-refractivity contribution < 1.29 is 4.39 Å². The molecule has 18 heavy (non-hydrogen) atoms. The number of halogens is 2. The van der Waals surface area contributed by atoms with Gasteiger partial charge < -0.3 is 0 Å². The van der Waals surface area contributed by atoms with Crippen molar-refractivity contribution in [1.29, 1.82) is 0 Å². The van der Waals surface area contributed by atoms with Crippen molar-refractivity contribution in [1.82, 2.24) is 20.2 Å². The van der Waals surface area contributed by atoms with Crippen LogP contribution in [0.1, 0.15) is 17.4 Å². The van der Waals surface area contributed by atoms with Crippen LogP contribution in [0.3, 0.4) is 0 Å². The van der Waals surface area contributed by atoms with E-state index in [1.165, 1.54) is 18.5 Å². The van der Waals surface area contributed by atoms with Crippen molar-refractivity contribution in [2.75, 3.05) is 0 Å². The van der Waals surface area contributed by atoms with Crippen molar-refractivity contribution in [2.45, 2.75) is 12.5 Å². The molecule has 0 saturated carbocycles. The fourth-order valence-electron chi connectivity index (χ4n) is 1.69. The van der Waals surface area contributed by atoms with E-state index in [-0.39, 0.29) is 11.1 Å². The Morgan fingerprint density at radius 3 is 2.89 bits per heavy atom. The predicted octanol–water partition coefficient (Wildman–Crippen LogP) is 1.35. The molecule has 0 fully saturated rings. The molecule has 0 bridgehead atoms. The summed E-state index contributed by atoms with van der Waals surface area (Å²) in [5, 5.41) is 4.06. The Balaban J connectivity index is 2.23. The average Bonchev–Trinajstić information content (AvgIpc) is 2.75. The van der Waals surface area contributed by atoms with Gasteiger partial charge in [0.2, 0.25) is 0 Å². The molecule has 0 saturated heterocycles. The molecule has 5 nitrogen and oxygen atoms in total. The fourth-order valence-corrected chi connectivity index (χ4v) is 1.81. The SMILES string of the molecule is Cn1ncnc1CC(NN)c1ccc(Cl)c(F)c1. The second-order valence-corrected chi connectivity index (χ2v) is 4.30. The Hall–Kier alpha value is -1.50. The minimum atomic E-state index is -0.465. The maximum absolute atomic E-state index is 13.4. The van der Waals surface area contributed by atoms with Crippen molar-refractivity contribution in [2.24, 2.45) is 12.9 Å². The largest absolute Gasteiger partial charge is 0.271 e. The zero-order valence-corrected chi connectivity index (χ0v) is 10.5. The highest BCUT2D eigenvalue weighted by molar-refractivity contribution is 6.30. The molecule has 0 radical (unpaired) electrons. The van der Waals surface area contributed by atoms with Gasteiger partial charge in [0.15, 0.2) is 0 Å².